The van der Waals surface area contributed by atoms with Crippen LogP contribution in [0.4, 0.5) is 9.80 Å². The summed E-state index contributed by atoms with van der Waals surface area (Å²) in [5, 5.41) is 3.05. The molecule has 3 heterocycles. The molecule has 0 aliphatic carbocycles. The highest BCUT2D eigenvalue weighted by atomic mass is 32.2. The van der Waals surface area contributed by atoms with Gasteiger partial charge in [0.1, 0.15) is 5.00 Å². The second-order valence-corrected chi connectivity index (χ2v) is 12.1. The van der Waals surface area contributed by atoms with E-state index in [4.69, 9.17) is 10.5 Å². The van der Waals surface area contributed by atoms with Crippen LogP contribution in [-0.4, -0.2) is 61.8 Å². The van der Waals surface area contributed by atoms with Crippen LogP contribution >= 0.6 is 11.3 Å². The zero-order chi connectivity index (χ0) is 26.0. The number of primary amides is 1. The Balaban J connectivity index is 1.52. The zero-order valence-corrected chi connectivity index (χ0v) is 21.9. The van der Waals surface area contributed by atoms with Gasteiger partial charge in [-0.15, -0.1) is 11.3 Å². The van der Waals surface area contributed by atoms with E-state index in [2.05, 4.69) is 5.32 Å². The summed E-state index contributed by atoms with van der Waals surface area (Å²) in [4.78, 5) is 39.7. The van der Waals surface area contributed by atoms with E-state index in [0.29, 0.717) is 37.0 Å². The van der Waals surface area contributed by atoms with Crippen molar-refractivity contribution in [3.8, 4) is 0 Å². The fourth-order valence-electron chi connectivity index (χ4n) is 4.59. The van der Waals surface area contributed by atoms with E-state index in [9.17, 15) is 22.8 Å². The number of nitrogens with one attached hydrogen (secondary N) is 1. The summed E-state index contributed by atoms with van der Waals surface area (Å²) in [6.45, 7) is 5.63. The standard InChI is InChI=1S/C24H30N4O6S2/c1-3-34-24(31)27-12-10-18-19(14-27)35-23(20(18)21(25)29)26-22(30)16-6-8-17(9-7-16)36(32,33)28-11-4-5-15(2)13-28/h6-9,15H,3-5,10-14H2,1-2H3,(H2,25,29)(H,26,30)/t15-/m0/s1. The maximum atomic E-state index is 13.0. The van der Waals surface area contributed by atoms with Crippen LogP contribution in [-0.2, 0) is 27.7 Å². The first-order chi connectivity index (χ1) is 17.1. The molecule has 2 aromatic rings. The molecule has 10 nitrogen and oxygen atoms in total. The van der Waals surface area contributed by atoms with Gasteiger partial charge in [-0.05, 0) is 61.9 Å². The molecule has 1 atom stereocenters. The fourth-order valence-corrected chi connectivity index (χ4v) is 7.45. The van der Waals surface area contributed by atoms with E-state index < -0.39 is 27.9 Å². The first kappa shape index (κ1) is 26.1. The van der Waals surface area contributed by atoms with Crippen LogP contribution in [0.15, 0.2) is 29.2 Å². The molecule has 3 amide bonds. The van der Waals surface area contributed by atoms with Crippen molar-refractivity contribution in [3.63, 3.8) is 0 Å². The summed E-state index contributed by atoms with van der Waals surface area (Å²) in [5.74, 6) is -0.850. The van der Waals surface area contributed by atoms with Crippen LogP contribution in [0.3, 0.4) is 0 Å². The number of ether oxygens (including phenoxy) is 1. The number of sulfonamides is 1. The van der Waals surface area contributed by atoms with Gasteiger partial charge in [-0.2, -0.15) is 4.31 Å². The van der Waals surface area contributed by atoms with Crippen molar-refractivity contribution in [2.75, 3.05) is 31.6 Å². The number of rotatable bonds is 6. The lowest BCUT2D eigenvalue weighted by Crippen LogP contribution is -2.39. The Kier molecular flexibility index (Phi) is 7.67. The molecule has 0 bridgehead atoms. The molecule has 4 rings (SSSR count). The topological polar surface area (TPSA) is 139 Å². The van der Waals surface area contributed by atoms with Crippen LogP contribution in [0.25, 0.3) is 0 Å². The molecular weight excluding hydrogens is 504 g/mol. The molecule has 0 saturated carbocycles. The molecule has 2 aliphatic heterocycles. The summed E-state index contributed by atoms with van der Waals surface area (Å²) in [5.41, 5.74) is 6.84. The predicted octanol–water partition coefficient (Wildman–Crippen LogP) is 3.03. The Bertz CT molecular complexity index is 1270. The third kappa shape index (κ3) is 5.25. The molecule has 1 aromatic carbocycles. The number of nitrogens with two attached hydrogens (primary N) is 1. The minimum atomic E-state index is -3.63. The van der Waals surface area contributed by atoms with E-state index in [0.717, 1.165) is 23.3 Å². The second-order valence-electron chi connectivity index (χ2n) is 9.03. The van der Waals surface area contributed by atoms with Gasteiger partial charge in [-0.1, -0.05) is 6.92 Å². The number of thiophene rings is 1. The van der Waals surface area contributed by atoms with Crippen LogP contribution in [0.5, 0.6) is 0 Å². The number of anilines is 1. The van der Waals surface area contributed by atoms with E-state index in [1.165, 1.54) is 39.9 Å². The zero-order valence-electron chi connectivity index (χ0n) is 20.3. The molecule has 3 N–H and O–H groups in total. The number of hydrogen-bond acceptors (Lipinski definition) is 7. The number of fused-ring (bicyclic) bond motifs is 1. The van der Waals surface area contributed by atoms with E-state index in [1.54, 1.807) is 11.8 Å². The highest BCUT2D eigenvalue weighted by Crippen LogP contribution is 2.37. The number of carbonyl (C=O) groups excluding carboxylic acids is 3. The molecule has 1 fully saturated rings. The second kappa shape index (κ2) is 10.6. The van der Waals surface area contributed by atoms with Gasteiger partial charge in [0.15, 0.2) is 0 Å². The van der Waals surface area contributed by atoms with Crippen molar-refractivity contribution in [2.24, 2.45) is 11.7 Å². The van der Waals surface area contributed by atoms with Gasteiger partial charge in [0.25, 0.3) is 11.8 Å². The molecule has 1 aromatic heterocycles. The normalized spacial score (nSPS) is 18.4. The Labute approximate surface area is 214 Å². The van der Waals surface area contributed by atoms with Crippen LogP contribution in [0, 0.1) is 5.92 Å². The third-order valence-corrected chi connectivity index (χ3v) is 9.44. The van der Waals surface area contributed by atoms with Gasteiger partial charge in [0.05, 0.1) is 23.6 Å². The van der Waals surface area contributed by atoms with Crippen LogP contribution in [0.2, 0.25) is 0 Å². The SMILES string of the molecule is CCOC(=O)N1CCc2c(sc(NC(=O)c3ccc(S(=O)(=O)N4CCC[C@H](C)C4)cc3)c2C(N)=O)C1. The lowest BCUT2D eigenvalue weighted by Gasteiger charge is -2.30. The van der Waals surface area contributed by atoms with Gasteiger partial charge >= 0.3 is 6.09 Å². The highest BCUT2D eigenvalue weighted by molar-refractivity contribution is 7.89. The van der Waals surface area contributed by atoms with E-state index in [-0.39, 0.29) is 29.2 Å². The summed E-state index contributed by atoms with van der Waals surface area (Å²) in [7, 11) is -3.63. The van der Waals surface area contributed by atoms with Crippen molar-refractivity contribution in [1.29, 1.82) is 0 Å². The summed E-state index contributed by atoms with van der Waals surface area (Å²) in [6.07, 6.45) is 1.81. The Morgan fingerprint density at radius 2 is 1.92 bits per heavy atom. The van der Waals surface area contributed by atoms with Crippen molar-refractivity contribution in [3.05, 3.63) is 45.8 Å². The van der Waals surface area contributed by atoms with Gasteiger partial charge in [0, 0.05) is 30.1 Å². The molecule has 0 spiro atoms. The van der Waals surface area contributed by atoms with Crippen molar-refractivity contribution >= 4 is 44.3 Å². The third-order valence-electron chi connectivity index (χ3n) is 6.43. The number of amides is 3. The largest absolute Gasteiger partial charge is 0.450 e. The lowest BCUT2D eigenvalue weighted by atomic mass is 10.0. The average Bonchev–Trinajstić information content (AvgIpc) is 3.21. The number of benzene rings is 1. The van der Waals surface area contributed by atoms with E-state index >= 15 is 0 Å². The van der Waals surface area contributed by atoms with Crippen LogP contribution < -0.4 is 11.1 Å². The molecule has 0 unspecified atom stereocenters. The first-order valence-electron chi connectivity index (χ1n) is 11.9. The Hall–Kier alpha value is -2.96. The molecule has 0 radical (unpaired) electrons. The fraction of sp³-hybridized carbons (Fsp3) is 0.458. The quantitative estimate of drug-likeness (QED) is 0.584. The molecule has 12 heteroatoms. The maximum absolute atomic E-state index is 13.0. The molecule has 2 aliphatic rings. The number of carbonyl (C=O) groups is 3. The number of hydrogen-bond donors (Lipinski definition) is 2. The molecule has 36 heavy (non-hydrogen) atoms. The summed E-state index contributed by atoms with van der Waals surface area (Å²) < 4.78 is 32.5. The molecule has 1 saturated heterocycles. The van der Waals surface area contributed by atoms with Gasteiger partial charge in [0.2, 0.25) is 10.0 Å². The Morgan fingerprint density at radius 3 is 2.56 bits per heavy atom. The Morgan fingerprint density at radius 1 is 1.19 bits per heavy atom. The number of piperidine rings is 1. The minimum Gasteiger partial charge on any atom is -0.450 e. The maximum Gasteiger partial charge on any atom is 0.410 e. The molecule has 194 valence electrons. The smallest absolute Gasteiger partial charge is 0.410 e. The predicted molar refractivity (Wildman–Crippen MR) is 136 cm³/mol. The van der Waals surface area contributed by atoms with Crippen molar-refractivity contribution in [1.82, 2.24) is 9.21 Å². The van der Waals surface area contributed by atoms with E-state index in [1.807, 2.05) is 6.92 Å². The van der Waals surface area contributed by atoms with Gasteiger partial charge in [-0.3, -0.25) is 9.59 Å². The first-order valence-corrected chi connectivity index (χ1v) is 14.1. The molecular formula is C24H30N4O6S2. The van der Waals surface area contributed by atoms with Gasteiger partial charge < -0.3 is 20.7 Å². The minimum absolute atomic E-state index is 0.136. The summed E-state index contributed by atoms with van der Waals surface area (Å²) in [6, 6.07) is 5.76. The van der Waals surface area contributed by atoms with Crippen LogP contribution in [0.1, 0.15) is 57.8 Å². The highest BCUT2D eigenvalue weighted by Gasteiger charge is 2.31. The number of nitrogens with zero attached hydrogens (tertiary/aromatic N) is 2. The van der Waals surface area contributed by atoms with Crippen molar-refractivity contribution in [2.45, 2.75) is 44.6 Å². The lowest BCUT2D eigenvalue weighted by molar-refractivity contribution is 0.0997. The average molecular weight is 535 g/mol. The summed E-state index contributed by atoms with van der Waals surface area (Å²) >= 11 is 1.19. The van der Waals surface area contributed by atoms with Gasteiger partial charge in [-0.25, -0.2) is 13.2 Å². The van der Waals surface area contributed by atoms with Crippen molar-refractivity contribution < 1.29 is 27.5 Å². The monoisotopic (exact) mass is 534 g/mol.